The summed E-state index contributed by atoms with van der Waals surface area (Å²) in [5, 5.41) is 0. The van der Waals surface area contributed by atoms with Gasteiger partial charge in [0, 0.05) is 18.7 Å². The third kappa shape index (κ3) is 4.64. The summed E-state index contributed by atoms with van der Waals surface area (Å²) in [6, 6.07) is 18.5. The van der Waals surface area contributed by atoms with E-state index in [1.165, 1.54) is 6.07 Å². The second-order valence-electron chi connectivity index (χ2n) is 8.37. The molecule has 5 rings (SSSR count). The maximum atomic E-state index is 14.1. The van der Waals surface area contributed by atoms with E-state index >= 15 is 0 Å². The molecule has 1 amide bonds. The lowest BCUT2D eigenvalue weighted by Crippen LogP contribution is -2.43. The van der Waals surface area contributed by atoms with Gasteiger partial charge in [-0.3, -0.25) is 9.78 Å². The minimum atomic E-state index is -0.318. The SMILES string of the molecule is Cc1cc(Cc2ccccc2F)cc([C@@H]2CN(C(=O)Cn3cnc4ccccc43)CCO2)n1. The third-order valence-electron chi connectivity index (χ3n) is 5.97. The number of hydrogen-bond donors (Lipinski definition) is 0. The van der Waals surface area contributed by atoms with E-state index in [1.807, 2.05) is 58.9 Å². The lowest BCUT2D eigenvalue weighted by atomic mass is 10.0. The Kier molecular flexibility index (Phi) is 5.88. The number of pyridine rings is 1. The average Bonchev–Trinajstić information content (AvgIpc) is 3.23. The van der Waals surface area contributed by atoms with Crippen molar-refractivity contribution in [2.75, 3.05) is 19.7 Å². The van der Waals surface area contributed by atoms with Gasteiger partial charge in [0.15, 0.2) is 0 Å². The van der Waals surface area contributed by atoms with Crippen molar-refractivity contribution in [3.05, 3.63) is 95.3 Å². The topological polar surface area (TPSA) is 60.2 Å². The molecule has 3 heterocycles. The number of fused-ring (bicyclic) bond motifs is 1. The Labute approximate surface area is 191 Å². The summed E-state index contributed by atoms with van der Waals surface area (Å²) in [4.78, 5) is 23.9. The number of halogens is 1. The molecular weight excluding hydrogens is 419 g/mol. The summed E-state index contributed by atoms with van der Waals surface area (Å²) < 4.78 is 22.0. The second kappa shape index (κ2) is 9.11. The van der Waals surface area contributed by atoms with Gasteiger partial charge in [-0.25, -0.2) is 9.37 Å². The highest BCUT2D eigenvalue weighted by Gasteiger charge is 2.27. The zero-order valence-electron chi connectivity index (χ0n) is 18.4. The van der Waals surface area contributed by atoms with E-state index in [4.69, 9.17) is 4.74 Å². The number of amides is 1. The summed E-state index contributed by atoms with van der Waals surface area (Å²) in [6.07, 6.45) is 1.87. The van der Waals surface area contributed by atoms with Gasteiger partial charge in [-0.1, -0.05) is 30.3 Å². The first kappa shape index (κ1) is 21.3. The Balaban J connectivity index is 1.31. The van der Waals surface area contributed by atoms with E-state index in [-0.39, 0.29) is 24.4 Å². The van der Waals surface area contributed by atoms with Crippen LogP contribution in [0.1, 0.15) is 28.6 Å². The minimum Gasteiger partial charge on any atom is -0.368 e. The summed E-state index contributed by atoms with van der Waals surface area (Å²) in [7, 11) is 0. The molecule has 1 fully saturated rings. The van der Waals surface area contributed by atoms with E-state index < -0.39 is 0 Å². The van der Waals surface area contributed by atoms with Gasteiger partial charge in [-0.05, 0) is 48.4 Å². The first-order valence-corrected chi connectivity index (χ1v) is 11.1. The van der Waals surface area contributed by atoms with Crippen LogP contribution in [-0.4, -0.2) is 45.0 Å². The number of ether oxygens (including phenoxy) is 1. The molecule has 7 heteroatoms. The molecule has 2 aromatic carbocycles. The van der Waals surface area contributed by atoms with Gasteiger partial charge in [-0.2, -0.15) is 0 Å². The fraction of sp³-hybridized carbons (Fsp3) is 0.269. The standard InChI is InChI=1S/C26H25FN4O2/c1-18-12-19(13-20-6-2-3-7-21(20)27)14-23(29-18)25-15-30(10-11-33-25)26(32)16-31-17-28-22-8-4-5-9-24(22)31/h2-9,12,14,17,25H,10-11,13,15-16H2,1H3/t25-/m0/s1. The number of rotatable bonds is 5. The molecular formula is C26H25FN4O2. The van der Waals surface area contributed by atoms with Crippen LogP contribution in [0.5, 0.6) is 0 Å². The molecule has 0 radical (unpaired) electrons. The van der Waals surface area contributed by atoms with Crippen molar-refractivity contribution in [3.63, 3.8) is 0 Å². The fourth-order valence-corrected chi connectivity index (χ4v) is 4.33. The number of hydrogen-bond acceptors (Lipinski definition) is 4. The van der Waals surface area contributed by atoms with E-state index in [0.29, 0.717) is 31.7 Å². The van der Waals surface area contributed by atoms with Crippen LogP contribution in [0.4, 0.5) is 4.39 Å². The number of morpholine rings is 1. The molecule has 0 aliphatic carbocycles. The highest BCUT2D eigenvalue weighted by molar-refractivity contribution is 5.80. The number of imidazole rings is 1. The fourth-order valence-electron chi connectivity index (χ4n) is 4.33. The molecule has 1 aliphatic heterocycles. The van der Waals surface area contributed by atoms with Crippen LogP contribution in [0.15, 0.2) is 67.0 Å². The Morgan fingerprint density at radius 1 is 1.15 bits per heavy atom. The van der Waals surface area contributed by atoms with Crippen molar-refractivity contribution in [3.8, 4) is 0 Å². The zero-order chi connectivity index (χ0) is 22.8. The molecule has 6 nitrogen and oxygen atoms in total. The Morgan fingerprint density at radius 3 is 2.85 bits per heavy atom. The lowest BCUT2D eigenvalue weighted by Gasteiger charge is -2.33. The van der Waals surface area contributed by atoms with Crippen LogP contribution in [-0.2, 0) is 22.5 Å². The number of aromatic nitrogens is 3. The summed E-state index contributed by atoms with van der Waals surface area (Å²) in [6.45, 7) is 3.56. The quantitative estimate of drug-likeness (QED) is 0.466. The number of para-hydroxylation sites is 2. The number of carbonyl (C=O) groups is 1. The van der Waals surface area contributed by atoms with Gasteiger partial charge in [0.25, 0.3) is 0 Å². The average molecular weight is 445 g/mol. The second-order valence-corrected chi connectivity index (χ2v) is 8.37. The first-order chi connectivity index (χ1) is 16.1. The highest BCUT2D eigenvalue weighted by Crippen LogP contribution is 2.24. The van der Waals surface area contributed by atoms with Crippen LogP contribution < -0.4 is 0 Å². The zero-order valence-corrected chi connectivity index (χ0v) is 18.4. The van der Waals surface area contributed by atoms with Gasteiger partial charge >= 0.3 is 0 Å². The van der Waals surface area contributed by atoms with Gasteiger partial charge < -0.3 is 14.2 Å². The highest BCUT2D eigenvalue weighted by atomic mass is 19.1. The molecule has 0 N–H and O–H groups in total. The molecule has 0 spiro atoms. The molecule has 0 unspecified atom stereocenters. The van der Waals surface area contributed by atoms with E-state index in [1.54, 1.807) is 18.5 Å². The Bertz CT molecular complexity index is 1300. The van der Waals surface area contributed by atoms with Crippen LogP contribution in [0, 0.1) is 12.7 Å². The molecule has 1 aliphatic rings. The van der Waals surface area contributed by atoms with Crippen LogP contribution in [0.25, 0.3) is 11.0 Å². The van der Waals surface area contributed by atoms with Gasteiger partial charge in [0.05, 0.1) is 36.2 Å². The number of nitrogens with zero attached hydrogens (tertiary/aromatic N) is 4. The number of carbonyl (C=O) groups excluding carboxylic acids is 1. The molecule has 0 bridgehead atoms. The van der Waals surface area contributed by atoms with Crippen molar-refractivity contribution >= 4 is 16.9 Å². The Morgan fingerprint density at radius 2 is 1.97 bits per heavy atom. The maximum Gasteiger partial charge on any atom is 0.242 e. The molecule has 1 saturated heterocycles. The van der Waals surface area contributed by atoms with Crippen molar-refractivity contribution in [2.24, 2.45) is 0 Å². The largest absolute Gasteiger partial charge is 0.368 e. The molecule has 2 aromatic heterocycles. The van der Waals surface area contributed by atoms with Crippen molar-refractivity contribution in [1.29, 1.82) is 0 Å². The van der Waals surface area contributed by atoms with Gasteiger partial charge in [-0.15, -0.1) is 0 Å². The van der Waals surface area contributed by atoms with E-state index in [0.717, 1.165) is 28.0 Å². The first-order valence-electron chi connectivity index (χ1n) is 11.1. The molecule has 0 saturated carbocycles. The van der Waals surface area contributed by atoms with Crippen LogP contribution in [0.3, 0.4) is 0 Å². The third-order valence-corrected chi connectivity index (χ3v) is 5.97. The van der Waals surface area contributed by atoms with Crippen molar-refractivity contribution < 1.29 is 13.9 Å². The van der Waals surface area contributed by atoms with Crippen molar-refractivity contribution in [2.45, 2.75) is 26.0 Å². The number of benzene rings is 2. The molecule has 168 valence electrons. The minimum absolute atomic E-state index is 0.0192. The summed E-state index contributed by atoms with van der Waals surface area (Å²) >= 11 is 0. The Hall–Kier alpha value is -3.58. The van der Waals surface area contributed by atoms with E-state index in [2.05, 4.69) is 9.97 Å². The predicted molar refractivity (Wildman–Crippen MR) is 123 cm³/mol. The lowest BCUT2D eigenvalue weighted by molar-refractivity contribution is -0.139. The monoisotopic (exact) mass is 444 g/mol. The normalized spacial score (nSPS) is 16.3. The van der Waals surface area contributed by atoms with Crippen LogP contribution >= 0.6 is 0 Å². The predicted octanol–water partition coefficient (Wildman–Crippen LogP) is 4.07. The van der Waals surface area contributed by atoms with Gasteiger partial charge in [0.2, 0.25) is 5.91 Å². The molecule has 4 aromatic rings. The summed E-state index contributed by atoms with van der Waals surface area (Å²) in [5.74, 6) is -0.197. The van der Waals surface area contributed by atoms with Crippen molar-refractivity contribution in [1.82, 2.24) is 19.4 Å². The maximum absolute atomic E-state index is 14.1. The van der Waals surface area contributed by atoms with Crippen LogP contribution in [0.2, 0.25) is 0 Å². The number of aryl methyl sites for hydroxylation is 1. The van der Waals surface area contributed by atoms with E-state index in [9.17, 15) is 9.18 Å². The molecule has 33 heavy (non-hydrogen) atoms. The smallest absolute Gasteiger partial charge is 0.242 e. The molecule has 1 atom stereocenters. The summed E-state index contributed by atoms with van der Waals surface area (Å²) in [5.41, 5.74) is 5.04. The van der Waals surface area contributed by atoms with Gasteiger partial charge in [0.1, 0.15) is 18.5 Å².